The molecule has 24 heavy (non-hydrogen) atoms. The van der Waals surface area contributed by atoms with E-state index in [2.05, 4.69) is 5.32 Å². The number of rotatable bonds is 5. The molecule has 1 aliphatic heterocycles. The minimum absolute atomic E-state index is 0.0169. The average molecular weight is 350 g/mol. The molecule has 7 heteroatoms. The first-order valence-corrected chi connectivity index (χ1v) is 8.85. The van der Waals surface area contributed by atoms with E-state index in [1.807, 2.05) is 29.2 Å². The van der Waals surface area contributed by atoms with E-state index in [0.717, 1.165) is 18.5 Å². The number of carbonyl (C=O) groups excluding carboxylic acids is 1. The fraction of sp³-hybridized carbons (Fsp3) is 0.353. The number of alkyl halides is 2. The Balaban J connectivity index is 1.63. The lowest BCUT2D eigenvalue weighted by atomic mass is 10.1. The highest BCUT2D eigenvalue weighted by Gasteiger charge is 2.43. The Labute approximate surface area is 142 Å². The Kier molecular flexibility index (Phi) is 3.96. The Bertz CT molecular complexity index is 761. The van der Waals surface area contributed by atoms with Crippen LogP contribution in [-0.4, -0.2) is 22.6 Å². The van der Waals surface area contributed by atoms with Crippen LogP contribution in [0.4, 0.5) is 14.5 Å². The zero-order valence-electron chi connectivity index (χ0n) is 12.7. The number of nitrogens with one attached hydrogen (secondary N) is 1. The number of fused-ring (bicyclic) bond motifs is 1. The van der Waals surface area contributed by atoms with Gasteiger partial charge in [-0.15, -0.1) is 0 Å². The van der Waals surface area contributed by atoms with Crippen molar-refractivity contribution in [3.05, 3.63) is 53.5 Å². The molecule has 0 saturated heterocycles. The minimum atomic E-state index is -2.43. The molecule has 1 unspecified atom stereocenters. The number of hydrogen-bond donors (Lipinski definition) is 1. The summed E-state index contributed by atoms with van der Waals surface area (Å²) in [6.45, 7) is 0. The van der Waals surface area contributed by atoms with Crippen molar-refractivity contribution in [3.8, 4) is 0 Å². The van der Waals surface area contributed by atoms with Gasteiger partial charge in [0, 0.05) is 11.7 Å². The van der Waals surface area contributed by atoms with Gasteiger partial charge in [-0.2, -0.15) is 8.78 Å². The maximum absolute atomic E-state index is 12.8. The third-order valence-corrected chi connectivity index (χ3v) is 4.91. The molecule has 0 bridgehead atoms. The number of amides is 1. The van der Waals surface area contributed by atoms with Crippen molar-refractivity contribution in [2.45, 2.75) is 36.6 Å². The van der Waals surface area contributed by atoms with Gasteiger partial charge in [-0.05, 0) is 37.1 Å². The second kappa shape index (κ2) is 6.12. The van der Waals surface area contributed by atoms with Crippen LogP contribution in [0.3, 0.4) is 0 Å². The number of para-hydroxylation sites is 1. The maximum Gasteiger partial charge on any atom is 0.284 e. The predicted molar refractivity (Wildman–Crippen MR) is 88.0 cm³/mol. The van der Waals surface area contributed by atoms with Crippen LogP contribution >= 0.6 is 11.8 Å². The Morgan fingerprint density at radius 2 is 2.04 bits per heavy atom. The first kappa shape index (κ1) is 15.5. The second-order valence-electron chi connectivity index (χ2n) is 5.91. The van der Waals surface area contributed by atoms with Crippen molar-refractivity contribution in [2.75, 3.05) is 5.32 Å². The third-order valence-electron chi connectivity index (χ3n) is 4.21. The van der Waals surface area contributed by atoms with Gasteiger partial charge < -0.3 is 14.6 Å². The topological polar surface area (TPSA) is 45.5 Å². The first-order valence-electron chi connectivity index (χ1n) is 7.80. The molecule has 1 aliphatic carbocycles. The average Bonchev–Trinajstić information content (AvgIpc) is 3.29. The molecule has 2 heterocycles. The molecule has 0 spiro atoms. The lowest BCUT2D eigenvalue weighted by Crippen LogP contribution is -2.44. The van der Waals surface area contributed by atoms with Crippen LogP contribution in [0.1, 0.15) is 40.9 Å². The molecule has 0 radical (unpaired) electrons. The van der Waals surface area contributed by atoms with Gasteiger partial charge in [0.2, 0.25) is 0 Å². The molecule has 1 saturated carbocycles. The van der Waals surface area contributed by atoms with Crippen LogP contribution in [0.25, 0.3) is 0 Å². The molecular formula is C17H16F2N2O2S. The smallest absolute Gasteiger partial charge is 0.284 e. The fourth-order valence-corrected chi connectivity index (χ4v) is 3.42. The number of furan rings is 1. The van der Waals surface area contributed by atoms with Crippen LogP contribution in [0, 0.1) is 0 Å². The van der Waals surface area contributed by atoms with Crippen molar-refractivity contribution in [1.82, 2.24) is 4.90 Å². The maximum atomic E-state index is 12.8. The van der Waals surface area contributed by atoms with E-state index < -0.39 is 11.9 Å². The number of benzene rings is 1. The van der Waals surface area contributed by atoms with E-state index in [4.69, 9.17) is 4.42 Å². The molecule has 1 aromatic carbocycles. The van der Waals surface area contributed by atoms with Gasteiger partial charge in [0.15, 0.2) is 6.17 Å². The standard InChI is InChI=1S/C17H16F2N2O2S/c18-17(19)24-9-11-7-8-14(23-11)15-20-13-4-2-1-3-12(13)16(22)21(15)10-5-6-10/h1-4,7-8,10,15,17,20H,5-6,9H2. The summed E-state index contributed by atoms with van der Waals surface area (Å²) < 4.78 is 30.4. The summed E-state index contributed by atoms with van der Waals surface area (Å²) in [6.07, 6.45) is 1.55. The SMILES string of the molecule is O=C1c2ccccc2NC(c2ccc(CSC(F)F)o2)N1C1CC1. The number of thioether (sulfide) groups is 1. The number of halogens is 2. The van der Waals surface area contributed by atoms with E-state index in [0.29, 0.717) is 28.8 Å². The fourth-order valence-electron chi connectivity index (χ4n) is 2.97. The predicted octanol–water partition coefficient (Wildman–Crippen LogP) is 4.46. The summed E-state index contributed by atoms with van der Waals surface area (Å²) >= 11 is 0.525. The lowest BCUT2D eigenvalue weighted by Gasteiger charge is -2.37. The first-order chi connectivity index (χ1) is 11.6. The van der Waals surface area contributed by atoms with Gasteiger partial charge in [0.25, 0.3) is 11.7 Å². The third kappa shape index (κ3) is 2.88. The highest BCUT2D eigenvalue weighted by molar-refractivity contribution is 7.98. The van der Waals surface area contributed by atoms with Crippen molar-refractivity contribution in [3.63, 3.8) is 0 Å². The highest BCUT2D eigenvalue weighted by atomic mass is 32.2. The molecule has 1 amide bonds. The van der Waals surface area contributed by atoms with Gasteiger partial charge >= 0.3 is 0 Å². The Hall–Kier alpha value is -2.02. The van der Waals surface area contributed by atoms with E-state index in [1.165, 1.54) is 0 Å². The summed E-state index contributed by atoms with van der Waals surface area (Å²) in [7, 11) is 0. The number of anilines is 1. The van der Waals surface area contributed by atoms with Crippen LogP contribution in [-0.2, 0) is 5.75 Å². The molecule has 1 N–H and O–H groups in total. The second-order valence-corrected chi connectivity index (χ2v) is 6.89. The van der Waals surface area contributed by atoms with Crippen molar-refractivity contribution < 1.29 is 18.0 Å². The van der Waals surface area contributed by atoms with Crippen LogP contribution in [0.15, 0.2) is 40.8 Å². The Morgan fingerprint density at radius 3 is 2.79 bits per heavy atom. The van der Waals surface area contributed by atoms with Gasteiger partial charge in [0.05, 0.1) is 11.3 Å². The zero-order valence-corrected chi connectivity index (χ0v) is 13.6. The lowest BCUT2D eigenvalue weighted by molar-refractivity contribution is 0.0644. The van der Waals surface area contributed by atoms with Gasteiger partial charge in [-0.3, -0.25) is 4.79 Å². The zero-order chi connectivity index (χ0) is 16.7. The highest BCUT2D eigenvalue weighted by Crippen LogP contribution is 2.41. The molecule has 1 fully saturated rings. The largest absolute Gasteiger partial charge is 0.461 e. The molecule has 1 atom stereocenters. The molecule has 2 aromatic rings. The van der Waals surface area contributed by atoms with E-state index >= 15 is 0 Å². The summed E-state index contributed by atoms with van der Waals surface area (Å²) in [4.78, 5) is 14.7. The minimum Gasteiger partial charge on any atom is -0.461 e. The van der Waals surface area contributed by atoms with Crippen LogP contribution in [0.5, 0.6) is 0 Å². The summed E-state index contributed by atoms with van der Waals surface area (Å²) in [6, 6.07) is 11.0. The summed E-state index contributed by atoms with van der Waals surface area (Å²) in [5.41, 5.74) is 1.42. The van der Waals surface area contributed by atoms with Gasteiger partial charge in [0.1, 0.15) is 11.5 Å². The van der Waals surface area contributed by atoms with Gasteiger partial charge in [-0.25, -0.2) is 0 Å². The van der Waals surface area contributed by atoms with Gasteiger partial charge in [-0.1, -0.05) is 23.9 Å². The van der Waals surface area contributed by atoms with Crippen molar-refractivity contribution in [2.24, 2.45) is 0 Å². The molecule has 126 valence electrons. The van der Waals surface area contributed by atoms with Crippen molar-refractivity contribution >= 4 is 23.4 Å². The van der Waals surface area contributed by atoms with Crippen LogP contribution in [0.2, 0.25) is 0 Å². The Morgan fingerprint density at radius 1 is 1.25 bits per heavy atom. The number of hydrogen-bond acceptors (Lipinski definition) is 4. The monoisotopic (exact) mass is 350 g/mol. The molecular weight excluding hydrogens is 334 g/mol. The quantitative estimate of drug-likeness (QED) is 0.864. The van der Waals surface area contributed by atoms with E-state index in [-0.39, 0.29) is 17.7 Å². The number of nitrogens with zero attached hydrogens (tertiary/aromatic N) is 1. The molecule has 4 rings (SSSR count). The molecule has 2 aliphatic rings. The molecule has 1 aromatic heterocycles. The molecule has 4 nitrogen and oxygen atoms in total. The van der Waals surface area contributed by atoms with E-state index in [1.54, 1.807) is 12.1 Å². The normalized spacial score (nSPS) is 20.2. The van der Waals surface area contributed by atoms with Crippen molar-refractivity contribution in [1.29, 1.82) is 0 Å². The van der Waals surface area contributed by atoms with Crippen LogP contribution < -0.4 is 5.32 Å². The van der Waals surface area contributed by atoms with E-state index in [9.17, 15) is 13.6 Å². The summed E-state index contributed by atoms with van der Waals surface area (Å²) in [5.74, 6) is -1.27. The number of carbonyl (C=O) groups is 1. The summed E-state index contributed by atoms with van der Waals surface area (Å²) in [5, 5.41) is 3.35.